The van der Waals surface area contributed by atoms with Crippen molar-refractivity contribution in [1.82, 2.24) is 20.6 Å². The Morgan fingerprint density at radius 1 is 1.09 bits per heavy atom. The van der Waals surface area contributed by atoms with Crippen molar-refractivity contribution in [2.24, 2.45) is 5.11 Å². The lowest BCUT2D eigenvalue weighted by Crippen LogP contribution is -2.31. The Kier molecular flexibility index (Phi) is 2.87. The third-order valence-electron chi connectivity index (χ3n) is 4.18. The predicted molar refractivity (Wildman–Crippen MR) is 80.9 cm³/mol. The Labute approximate surface area is 130 Å². The molecule has 0 fully saturated rings. The largest absolute Gasteiger partial charge is 0.384 e. The highest BCUT2D eigenvalue weighted by Crippen LogP contribution is 2.55. The summed E-state index contributed by atoms with van der Waals surface area (Å²) in [4.78, 5) is 3.00. The van der Waals surface area contributed by atoms with E-state index in [0.29, 0.717) is 0 Å². The molecule has 1 heterocycles. The number of fused-ring (bicyclic) bond motifs is 3. The highest BCUT2D eigenvalue weighted by Gasteiger charge is 2.50. The first-order valence-corrected chi connectivity index (χ1v) is 6.96. The van der Waals surface area contributed by atoms with Crippen LogP contribution in [0.15, 0.2) is 53.6 Å². The molecule has 0 bridgehead atoms. The van der Waals surface area contributed by atoms with Crippen LogP contribution in [-0.4, -0.2) is 25.7 Å². The summed E-state index contributed by atoms with van der Waals surface area (Å²) in [6.45, 7) is 0. The van der Waals surface area contributed by atoms with Crippen molar-refractivity contribution in [2.75, 3.05) is 0 Å². The Morgan fingerprint density at radius 2 is 1.70 bits per heavy atom. The van der Waals surface area contributed by atoms with E-state index in [1.165, 1.54) is 0 Å². The van der Waals surface area contributed by atoms with Gasteiger partial charge in [-0.3, -0.25) is 0 Å². The topological polar surface area (TPSA) is 123 Å². The lowest BCUT2D eigenvalue weighted by molar-refractivity contribution is 0.0990. The fourth-order valence-electron chi connectivity index (χ4n) is 3.25. The van der Waals surface area contributed by atoms with Gasteiger partial charge in [-0.25, -0.2) is 5.10 Å². The third kappa shape index (κ3) is 1.70. The number of aliphatic hydroxyl groups excluding tert-OH is 1. The molecule has 0 saturated carbocycles. The number of aromatic nitrogens is 4. The fourth-order valence-corrected chi connectivity index (χ4v) is 3.25. The zero-order valence-corrected chi connectivity index (χ0v) is 11.8. The standard InChI is InChI=1S/C15H11N7O/c16-20-19-15(13(23)14-17-21-22-18-14)11-7-3-1-5-9(11)10-6-2-4-8-12(10)15/h1-8,13,23H,(H,17,18,21,22). The van der Waals surface area contributed by atoms with Gasteiger partial charge >= 0.3 is 0 Å². The van der Waals surface area contributed by atoms with Gasteiger partial charge in [0.05, 0.1) is 0 Å². The van der Waals surface area contributed by atoms with E-state index in [4.69, 9.17) is 0 Å². The van der Waals surface area contributed by atoms with E-state index in [-0.39, 0.29) is 5.82 Å². The number of nitrogens with one attached hydrogen (secondary N) is 1. The Balaban J connectivity index is 2.08. The summed E-state index contributed by atoms with van der Waals surface area (Å²) in [6.07, 6.45) is -1.24. The van der Waals surface area contributed by atoms with Gasteiger partial charge in [0.25, 0.3) is 0 Å². The van der Waals surface area contributed by atoms with E-state index in [9.17, 15) is 10.6 Å². The highest BCUT2D eigenvalue weighted by molar-refractivity contribution is 5.81. The highest BCUT2D eigenvalue weighted by atomic mass is 16.3. The second kappa shape index (κ2) is 4.91. The molecule has 3 aromatic rings. The molecule has 8 heteroatoms. The number of H-pyrrole nitrogens is 1. The molecule has 23 heavy (non-hydrogen) atoms. The molecule has 0 amide bonds. The smallest absolute Gasteiger partial charge is 0.178 e. The third-order valence-corrected chi connectivity index (χ3v) is 4.18. The lowest BCUT2D eigenvalue weighted by Gasteiger charge is -2.30. The summed E-state index contributed by atoms with van der Waals surface area (Å²) in [6, 6.07) is 15.1. The summed E-state index contributed by atoms with van der Waals surface area (Å²) >= 11 is 0. The van der Waals surface area contributed by atoms with Gasteiger partial charge in [0, 0.05) is 4.91 Å². The van der Waals surface area contributed by atoms with E-state index < -0.39 is 11.6 Å². The maximum absolute atomic E-state index is 10.9. The molecule has 8 nitrogen and oxygen atoms in total. The monoisotopic (exact) mass is 305 g/mol. The molecule has 1 unspecified atom stereocenters. The minimum atomic E-state index is -1.32. The van der Waals surface area contributed by atoms with Gasteiger partial charge < -0.3 is 5.11 Å². The number of hydrogen-bond donors (Lipinski definition) is 2. The maximum Gasteiger partial charge on any atom is 0.178 e. The van der Waals surface area contributed by atoms with Crippen LogP contribution in [0.25, 0.3) is 21.6 Å². The molecule has 112 valence electrons. The van der Waals surface area contributed by atoms with Gasteiger partial charge in [-0.15, -0.1) is 5.10 Å². The first-order chi connectivity index (χ1) is 11.3. The summed E-state index contributed by atoms with van der Waals surface area (Å²) in [5.74, 6) is 0.143. The Hall–Kier alpha value is -3.22. The van der Waals surface area contributed by atoms with Crippen molar-refractivity contribution in [2.45, 2.75) is 11.6 Å². The van der Waals surface area contributed by atoms with E-state index in [0.717, 1.165) is 22.3 Å². The minimum Gasteiger partial charge on any atom is -0.384 e. The number of benzene rings is 2. The quantitative estimate of drug-likeness (QED) is 0.438. The maximum atomic E-state index is 10.9. The number of rotatable bonds is 3. The summed E-state index contributed by atoms with van der Waals surface area (Å²) in [5.41, 5.74) is 11.1. The number of nitrogens with zero attached hydrogens (tertiary/aromatic N) is 6. The van der Waals surface area contributed by atoms with Crippen LogP contribution in [0.4, 0.5) is 0 Å². The Bertz CT molecular complexity index is 870. The number of azide groups is 1. The van der Waals surface area contributed by atoms with Crippen LogP contribution in [0.2, 0.25) is 0 Å². The molecule has 2 N–H and O–H groups in total. The summed E-state index contributed by atoms with van der Waals surface area (Å²) in [7, 11) is 0. The van der Waals surface area contributed by atoms with Gasteiger partial charge in [0.1, 0.15) is 11.6 Å². The molecule has 1 aromatic heterocycles. The van der Waals surface area contributed by atoms with Crippen molar-refractivity contribution >= 4 is 0 Å². The Morgan fingerprint density at radius 3 is 2.22 bits per heavy atom. The molecule has 0 aliphatic heterocycles. The van der Waals surface area contributed by atoms with Crippen LogP contribution in [0.3, 0.4) is 0 Å². The second-order valence-corrected chi connectivity index (χ2v) is 5.24. The van der Waals surface area contributed by atoms with E-state index in [1.807, 2.05) is 48.5 Å². The SMILES string of the molecule is [N-]=[N+]=NC1(C(O)c2nnn[nH]2)c2ccccc2-c2ccccc21. The van der Waals surface area contributed by atoms with Crippen molar-refractivity contribution < 1.29 is 5.11 Å². The van der Waals surface area contributed by atoms with Crippen LogP contribution >= 0.6 is 0 Å². The molecule has 2 aromatic carbocycles. The van der Waals surface area contributed by atoms with Crippen LogP contribution in [0.1, 0.15) is 23.1 Å². The zero-order chi connectivity index (χ0) is 15.9. The zero-order valence-electron chi connectivity index (χ0n) is 11.8. The van der Waals surface area contributed by atoms with Crippen LogP contribution in [0, 0.1) is 0 Å². The van der Waals surface area contributed by atoms with Crippen molar-refractivity contribution in [1.29, 1.82) is 0 Å². The number of aliphatic hydroxyl groups is 1. The van der Waals surface area contributed by atoms with E-state index in [2.05, 4.69) is 30.7 Å². The van der Waals surface area contributed by atoms with Crippen LogP contribution < -0.4 is 0 Å². The van der Waals surface area contributed by atoms with Crippen LogP contribution in [-0.2, 0) is 5.54 Å². The van der Waals surface area contributed by atoms with Gasteiger partial charge in [-0.05, 0) is 38.2 Å². The van der Waals surface area contributed by atoms with Gasteiger partial charge in [0.2, 0.25) is 0 Å². The molecule has 4 rings (SSSR count). The summed E-state index contributed by atoms with van der Waals surface area (Å²) < 4.78 is 0. The molecular formula is C15H11N7O. The average molecular weight is 305 g/mol. The molecule has 1 aliphatic rings. The van der Waals surface area contributed by atoms with E-state index in [1.54, 1.807) is 0 Å². The minimum absolute atomic E-state index is 0.143. The lowest BCUT2D eigenvalue weighted by atomic mass is 9.82. The van der Waals surface area contributed by atoms with Crippen molar-refractivity contribution in [3.05, 3.63) is 75.9 Å². The van der Waals surface area contributed by atoms with Gasteiger partial charge in [0.15, 0.2) is 5.82 Å². The predicted octanol–water partition coefficient (Wildman–Crippen LogP) is 2.47. The van der Waals surface area contributed by atoms with Gasteiger partial charge in [-0.2, -0.15) is 0 Å². The number of tetrazole rings is 1. The normalized spacial score (nSPS) is 15.3. The number of hydrogen-bond acceptors (Lipinski definition) is 5. The fraction of sp³-hybridized carbons (Fsp3) is 0.133. The van der Waals surface area contributed by atoms with Crippen LogP contribution in [0.5, 0.6) is 0 Å². The molecule has 1 atom stereocenters. The molecule has 1 aliphatic carbocycles. The van der Waals surface area contributed by atoms with Crippen molar-refractivity contribution in [3.63, 3.8) is 0 Å². The number of aromatic amines is 1. The molecular weight excluding hydrogens is 294 g/mol. The van der Waals surface area contributed by atoms with E-state index >= 15 is 0 Å². The molecule has 0 saturated heterocycles. The first kappa shape index (κ1) is 13.4. The molecule has 0 radical (unpaired) electrons. The first-order valence-electron chi connectivity index (χ1n) is 6.96. The second-order valence-electron chi connectivity index (χ2n) is 5.24. The van der Waals surface area contributed by atoms with Crippen molar-refractivity contribution in [3.8, 4) is 11.1 Å². The summed E-state index contributed by atoms with van der Waals surface area (Å²) in [5, 5.41) is 28.3. The van der Waals surface area contributed by atoms with Gasteiger partial charge in [-0.1, -0.05) is 53.6 Å². The average Bonchev–Trinajstić information content (AvgIpc) is 3.22. The molecule has 0 spiro atoms.